The van der Waals surface area contributed by atoms with Gasteiger partial charge < -0.3 is 5.73 Å². The van der Waals surface area contributed by atoms with Gasteiger partial charge in [0.1, 0.15) is 5.51 Å². The largest absolute Gasteiger partial charge is 0.398 e. The van der Waals surface area contributed by atoms with Crippen molar-refractivity contribution in [3.8, 4) is 0 Å². The first kappa shape index (κ1) is 12.8. The van der Waals surface area contributed by atoms with E-state index in [1.807, 2.05) is 0 Å². The molecule has 0 amide bonds. The van der Waals surface area contributed by atoms with Crippen LogP contribution < -0.4 is 10.5 Å². The van der Waals surface area contributed by atoms with Crippen LogP contribution in [-0.2, 0) is 10.0 Å². The number of nitrogen functional groups attached to an aromatic ring is 1. The molecule has 0 saturated carbocycles. The third kappa shape index (κ3) is 2.29. The number of aromatic nitrogens is 2. The van der Waals surface area contributed by atoms with E-state index >= 15 is 0 Å². The Hall–Kier alpha value is -1.67. The SMILES string of the molecule is Cc1ccc(N)c(C)c1S(=O)(=O)Nc1nncs1. The lowest BCUT2D eigenvalue weighted by Crippen LogP contribution is -2.16. The van der Waals surface area contributed by atoms with Crippen LogP contribution >= 0.6 is 11.3 Å². The standard InChI is InChI=1S/C10H12N4O2S2/c1-6-3-4-8(11)7(2)9(6)18(15,16)14-10-13-12-5-17-10/h3-5H,11H2,1-2H3,(H,13,14). The maximum atomic E-state index is 12.3. The first-order valence-electron chi connectivity index (χ1n) is 5.06. The molecule has 8 heteroatoms. The summed E-state index contributed by atoms with van der Waals surface area (Å²) in [7, 11) is -3.69. The molecule has 0 aliphatic carbocycles. The lowest BCUT2D eigenvalue weighted by Gasteiger charge is -2.12. The normalized spacial score (nSPS) is 11.4. The van der Waals surface area contributed by atoms with Crippen molar-refractivity contribution >= 4 is 32.2 Å². The van der Waals surface area contributed by atoms with E-state index in [1.165, 1.54) is 5.51 Å². The van der Waals surface area contributed by atoms with E-state index in [0.717, 1.165) is 11.3 Å². The van der Waals surface area contributed by atoms with Gasteiger partial charge in [0.25, 0.3) is 10.0 Å². The highest BCUT2D eigenvalue weighted by atomic mass is 32.2. The molecule has 0 atom stereocenters. The number of benzene rings is 1. The topological polar surface area (TPSA) is 98.0 Å². The van der Waals surface area contributed by atoms with Crippen LogP contribution in [0.25, 0.3) is 0 Å². The van der Waals surface area contributed by atoms with Gasteiger partial charge in [-0.05, 0) is 31.0 Å². The second-order valence-electron chi connectivity index (χ2n) is 3.78. The average Bonchev–Trinajstić information content (AvgIpc) is 2.75. The Labute approximate surface area is 109 Å². The molecular weight excluding hydrogens is 272 g/mol. The molecule has 96 valence electrons. The van der Waals surface area contributed by atoms with Crippen LogP contribution in [0.5, 0.6) is 0 Å². The number of sulfonamides is 1. The van der Waals surface area contributed by atoms with Crippen molar-refractivity contribution in [3.05, 3.63) is 28.8 Å². The van der Waals surface area contributed by atoms with Crippen LogP contribution in [0.3, 0.4) is 0 Å². The highest BCUT2D eigenvalue weighted by Crippen LogP contribution is 2.26. The van der Waals surface area contributed by atoms with Crippen LogP contribution in [0.1, 0.15) is 11.1 Å². The highest BCUT2D eigenvalue weighted by molar-refractivity contribution is 7.93. The molecule has 0 aliphatic rings. The molecule has 0 bridgehead atoms. The van der Waals surface area contributed by atoms with Crippen LogP contribution in [0.15, 0.2) is 22.5 Å². The van der Waals surface area contributed by atoms with Crippen LogP contribution in [-0.4, -0.2) is 18.6 Å². The van der Waals surface area contributed by atoms with Gasteiger partial charge >= 0.3 is 0 Å². The fourth-order valence-corrected chi connectivity index (χ4v) is 3.83. The van der Waals surface area contributed by atoms with Crippen molar-refractivity contribution in [2.45, 2.75) is 18.7 Å². The number of hydrogen-bond donors (Lipinski definition) is 2. The molecule has 3 N–H and O–H groups in total. The molecule has 2 aromatic rings. The van der Waals surface area contributed by atoms with Crippen molar-refractivity contribution < 1.29 is 8.42 Å². The van der Waals surface area contributed by atoms with Crippen LogP contribution in [0.2, 0.25) is 0 Å². The molecule has 1 aromatic heterocycles. The molecule has 0 fully saturated rings. The Morgan fingerprint density at radius 1 is 1.33 bits per heavy atom. The molecule has 1 heterocycles. The first-order valence-corrected chi connectivity index (χ1v) is 7.43. The number of aryl methyl sites for hydroxylation is 1. The molecule has 18 heavy (non-hydrogen) atoms. The van der Waals surface area contributed by atoms with Crippen molar-refractivity contribution in [2.75, 3.05) is 10.5 Å². The summed E-state index contributed by atoms with van der Waals surface area (Å²) >= 11 is 1.12. The summed E-state index contributed by atoms with van der Waals surface area (Å²) in [6, 6.07) is 3.37. The predicted octanol–water partition coefficient (Wildman–Crippen LogP) is 1.54. The molecule has 6 nitrogen and oxygen atoms in total. The second kappa shape index (κ2) is 4.54. The third-order valence-corrected chi connectivity index (χ3v) is 4.86. The van der Waals surface area contributed by atoms with E-state index < -0.39 is 10.0 Å². The van der Waals surface area contributed by atoms with Gasteiger partial charge in [-0.2, -0.15) is 0 Å². The van der Waals surface area contributed by atoms with Crippen LogP contribution in [0, 0.1) is 13.8 Å². The van der Waals surface area contributed by atoms with Gasteiger partial charge in [-0.3, -0.25) is 4.72 Å². The Bertz CT molecular complexity index is 665. The summed E-state index contributed by atoms with van der Waals surface area (Å²) < 4.78 is 26.9. The summed E-state index contributed by atoms with van der Waals surface area (Å²) in [6.07, 6.45) is 0. The van der Waals surface area contributed by atoms with Crippen molar-refractivity contribution in [2.24, 2.45) is 0 Å². The monoisotopic (exact) mass is 284 g/mol. The first-order chi connectivity index (χ1) is 8.42. The minimum atomic E-state index is -3.69. The number of nitrogens with zero attached hydrogens (tertiary/aromatic N) is 2. The average molecular weight is 284 g/mol. The number of nitrogens with one attached hydrogen (secondary N) is 1. The predicted molar refractivity (Wildman–Crippen MR) is 71.0 cm³/mol. The van der Waals surface area contributed by atoms with Gasteiger partial charge in [0.05, 0.1) is 4.90 Å². The van der Waals surface area contributed by atoms with Gasteiger partial charge in [0.2, 0.25) is 5.13 Å². The third-order valence-electron chi connectivity index (χ3n) is 2.50. The fraction of sp³-hybridized carbons (Fsp3) is 0.200. The zero-order chi connectivity index (χ0) is 13.3. The van der Waals surface area contributed by atoms with Crippen molar-refractivity contribution in [1.29, 1.82) is 0 Å². The quantitative estimate of drug-likeness (QED) is 0.833. The minimum Gasteiger partial charge on any atom is -0.398 e. The lowest BCUT2D eigenvalue weighted by molar-refractivity contribution is 0.600. The molecule has 0 radical (unpaired) electrons. The Morgan fingerprint density at radius 3 is 2.67 bits per heavy atom. The molecular formula is C10H12N4O2S2. The van der Waals surface area contributed by atoms with E-state index in [9.17, 15) is 8.42 Å². The van der Waals surface area contributed by atoms with Crippen LogP contribution in [0.4, 0.5) is 10.8 Å². The van der Waals surface area contributed by atoms with Gasteiger partial charge in [-0.1, -0.05) is 17.4 Å². The summed E-state index contributed by atoms with van der Waals surface area (Å²) in [5.41, 5.74) is 8.81. The van der Waals surface area contributed by atoms with E-state index in [2.05, 4.69) is 14.9 Å². The summed E-state index contributed by atoms with van der Waals surface area (Å²) in [5.74, 6) is 0. The van der Waals surface area contributed by atoms with Crippen molar-refractivity contribution in [1.82, 2.24) is 10.2 Å². The summed E-state index contributed by atoms with van der Waals surface area (Å²) in [4.78, 5) is 0.192. The van der Waals surface area contributed by atoms with Gasteiger partial charge in [-0.15, -0.1) is 10.2 Å². The van der Waals surface area contributed by atoms with E-state index in [-0.39, 0.29) is 10.0 Å². The Kier molecular flexibility index (Phi) is 3.22. The number of hydrogen-bond acceptors (Lipinski definition) is 6. The molecule has 0 aliphatic heterocycles. The summed E-state index contributed by atoms with van der Waals surface area (Å²) in [6.45, 7) is 3.40. The van der Waals surface area contributed by atoms with E-state index in [4.69, 9.17) is 5.73 Å². The Balaban J connectivity index is 2.51. The highest BCUT2D eigenvalue weighted by Gasteiger charge is 2.21. The van der Waals surface area contributed by atoms with Gasteiger partial charge in [-0.25, -0.2) is 8.42 Å². The second-order valence-corrected chi connectivity index (χ2v) is 6.23. The molecule has 0 saturated heterocycles. The zero-order valence-corrected chi connectivity index (χ0v) is 11.5. The zero-order valence-electron chi connectivity index (χ0n) is 9.84. The van der Waals surface area contributed by atoms with Gasteiger partial charge in [0.15, 0.2) is 0 Å². The van der Waals surface area contributed by atoms with E-state index in [0.29, 0.717) is 16.8 Å². The van der Waals surface area contributed by atoms with Crippen molar-refractivity contribution in [3.63, 3.8) is 0 Å². The Morgan fingerprint density at radius 2 is 2.06 bits per heavy atom. The van der Waals surface area contributed by atoms with Gasteiger partial charge in [0, 0.05) is 5.69 Å². The lowest BCUT2D eigenvalue weighted by atomic mass is 10.1. The van der Waals surface area contributed by atoms with E-state index in [1.54, 1.807) is 26.0 Å². The number of rotatable bonds is 3. The molecule has 1 aromatic carbocycles. The number of anilines is 2. The number of nitrogens with two attached hydrogens (primary N) is 1. The fourth-order valence-electron chi connectivity index (χ4n) is 1.64. The summed E-state index contributed by atoms with van der Waals surface area (Å²) in [5, 5.41) is 7.47. The molecule has 2 rings (SSSR count). The maximum Gasteiger partial charge on any atom is 0.264 e. The minimum absolute atomic E-state index is 0.192. The molecule has 0 spiro atoms. The smallest absolute Gasteiger partial charge is 0.264 e. The molecule has 0 unspecified atom stereocenters. The maximum absolute atomic E-state index is 12.3.